The highest BCUT2D eigenvalue weighted by Crippen LogP contribution is 1.93. The Balaban J connectivity index is 0. The van der Waals surface area contributed by atoms with E-state index in [0.29, 0.717) is 0 Å². The summed E-state index contributed by atoms with van der Waals surface area (Å²) in [7, 11) is 0. The van der Waals surface area contributed by atoms with Gasteiger partial charge in [-0.2, -0.15) is 0 Å². The van der Waals surface area contributed by atoms with Crippen molar-refractivity contribution in [3.05, 3.63) is 0 Å². The van der Waals surface area contributed by atoms with E-state index in [4.69, 9.17) is 32.5 Å². The van der Waals surface area contributed by atoms with Gasteiger partial charge in [0.2, 0.25) is 5.91 Å². The molecule has 0 aromatic heterocycles. The van der Waals surface area contributed by atoms with Gasteiger partial charge >= 0.3 is 17.9 Å². The van der Waals surface area contributed by atoms with Crippen LogP contribution in [0.1, 0.15) is 25.7 Å². The lowest BCUT2D eigenvalue weighted by Crippen LogP contribution is -2.31. The van der Waals surface area contributed by atoms with Crippen LogP contribution in [0.4, 0.5) is 0 Å². The Morgan fingerprint density at radius 2 is 1.15 bits per heavy atom. The molecule has 0 saturated heterocycles. The van der Waals surface area contributed by atoms with Crippen LogP contribution in [0.2, 0.25) is 0 Å². The quantitative estimate of drug-likeness (QED) is 0.290. The highest BCUT2D eigenvalue weighted by atomic mass is 16.4. The third-order valence-corrected chi connectivity index (χ3v) is 2.01. The lowest BCUT2D eigenvalue weighted by molar-refractivity contribution is -0.140. The Kier molecular flexibility index (Phi) is 10.8. The highest BCUT2D eigenvalue weighted by Gasteiger charge is 2.12. The first kappa shape index (κ1) is 20.1. The SMILES string of the molecule is NC(=O)CC[C@@H](N)C(=O)O.N[C@@H](CCC(=O)O)C(=O)O. The summed E-state index contributed by atoms with van der Waals surface area (Å²) in [6, 6.07) is -2.04. The number of carboxylic acid groups (broad SMARTS) is 3. The fourth-order valence-corrected chi connectivity index (χ4v) is 0.824. The predicted molar refractivity (Wildman–Crippen MR) is 66.5 cm³/mol. The van der Waals surface area contributed by atoms with Gasteiger partial charge in [0.1, 0.15) is 12.1 Å². The Morgan fingerprint density at radius 3 is 1.40 bits per heavy atom. The van der Waals surface area contributed by atoms with E-state index < -0.39 is 35.9 Å². The Morgan fingerprint density at radius 1 is 0.800 bits per heavy atom. The molecule has 0 aliphatic rings. The second-order valence-corrected chi connectivity index (χ2v) is 3.83. The predicted octanol–water partition coefficient (Wildman–Crippen LogP) is -2.07. The van der Waals surface area contributed by atoms with Crippen molar-refractivity contribution in [1.82, 2.24) is 0 Å². The minimum Gasteiger partial charge on any atom is -0.481 e. The van der Waals surface area contributed by atoms with Gasteiger partial charge in [0, 0.05) is 12.8 Å². The summed E-state index contributed by atoms with van der Waals surface area (Å²) < 4.78 is 0. The number of hydrogen-bond acceptors (Lipinski definition) is 6. The highest BCUT2D eigenvalue weighted by molar-refractivity contribution is 5.77. The lowest BCUT2D eigenvalue weighted by Gasteiger charge is -2.01. The molecule has 0 unspecified atom stereocenters. The van der Waals surface area contributed by atoms with Gasteiger partial charge in [-0.15, -0.1) is 0 Å². The Hall–Kier alpha value is -2.20. The van der Waals surface area contributed by atoms with E-state index in [1.54, 1.807) is 0 Å². The molecule has 0 bridgehead atoms. The molecule has 9 N–H and O–H groups in total. The summed E-state index contributed by atoms with van der Waals surface area (Å²) in [5.41, 5.74) is 14.8. The fourth-order valence-electron chi connectivity index (χ4n) is 0.824. The van der Waals surface area contributed by atoms with E-state index >= 15 is 0 Å². The molecular formula is C10H19N3O7. The van der Waals surface area contributed by atoms with Crippen LogP contribution in [-0.4, -0.2) is 51.2 Å². The number of carbonyl (C=O) groups excluding carboxylic acids is 1. The van der Waals surface area contributed by atoms with E-state index in [2.05, 4.69) is 0 Å². The molecule has 20 heavy (non-hydrogen) atoms. The molecule has 0 aliphatic carbocycles. The molecule has 116 valence electrons. The van der Waals surface area contributed by atoms with Crippen molar-refractivity contribution < 1.29 is 34.5 Å². The molecule has 0 aliphatic heterocycles. The van der Waals surface area contributed by atoms with Gasteiger partial charge in [-0.3, -0.25) is 19.2 Å². The minimum absolute atomic E-state index is 0.0213. The number of hydrogen-bond donors (Lipinski definition) is 6. The van der Waals surface area contributed by atoms with Crippen molar-refractivity contribution in [3.8, 4) is 0 Å². The zero-order valence-electron chi connectivity index (χ0n) is 10.7. The maximum atomic E-state index is 10.1. The van der Waals surface area contributed by atoms with Crippen LogP contribution in [0.5, 0.6) is 0 Å². The van der Waals surface area contributed by atoms with Crippen LogP contribution >= 0.6 is 0 Å². The fraction of sp³-hybridized carbons (Fsp3) is 0.600. The molecule has 0 aromatic rings. The van der Waals surface area contributed by atoms with E-state index in [1.165, 1.54) is 0 Å². The van der Waals surface area contributed by atoms with Crippen molar-refractivity contribution in [2.24, 2.45) is 17.2 Å². The first-order chi connectivity index (χ1) is 9.07. The number of nitrogens with two attached hydrogens (primary N) is 3. The van der Waals surface area contributed by atoms with Crippen molar-refractivity contribution >= 4 is 23.8 Å². The molecule has 10 nitrogen and oxygen atoms in total. The van der Waals surface area contributed by atoms with Crippen molar-refractivity contribution in [2.75, 3.05) is 0 Å². The Bertz CT molecular complexity index is 325. The third kappa shape index (κ3) is 13.9. The average Bonchev–Trinajstić information content (AvgIpc) is 2.33. The number of amides is 1. The summed E-state index contributed by atoms with van der Waals surface area (Å²) in [5.74, 6) is -3.84. The van der Waals surface area contributed by atoms with Crippen LogP contribution in [0.15, 0.2) is 0 Å². The monoisotopic (exact) mass is 293 g/mol. The largest absolute Gasteiger partial charge is 0.481 e. The molecule has 0 aromatic carbocycles. The second-order valence-electron chi connectivity index (χ2n) is 3.83. The number of aliphatic carboxylic acids is 3. The molecule has 2 atom stereocenters. The molecule has 0 saturated carbocycles. The molecule has 0 radical (unpaired) electrons. The molecule has 0 rings (SSSR count). The normalized spacial score (nSPS) is 12.5. The number of carboxylic acids is 3. The first-order valence-electron chi connectivity index (χ1n) is 5.54. The van der Waals surface area contributed by atoms with Gasteiger partial charge in [0.05, 0.1) is 0 Å². The second kappa shape index (κ2) is 10.7. The zero-order valence-corrected chi connectivity index (χ0v) is 10.7. The third-order valence-electron chi connectivity index (χ3n) is 2.01. The van der Waals surface area contributed by atoms with Gasteiger partial charge in [-0.25, -0.2) is 0 Å². The van der Waals surface area contributed by atoms with Gasteiger partial charge in [0.15, 0.2) is 0 Å². The van der Waals surface area contributed by atoms with Crippen LogP contribution in [0.25, 0.3) is 0 Å². The van der Waals surface area contributed by atoms with E-state index in [-0.39, 0.29) is 25.7 Å². The zero-order chi connectivity index (χ0) is 16.3. The molecule has 10 heteroatoms. The molecule has 0 spiro atoms. The van der Waals surface area contributed by atoms with Gasteiger partial charge in [0.25, 0.3) is 0 Å². The number of primary amides is 1. The standard InChI is InChI=1S/C5H10N2O3.C5H9NO4/c2*6-3(5(9)10)1-2-4(7)8/h3H,1-2,6H2,(H2,7,8)(H,9,10);3H,1-2,6H2,(H,7,8)(H,9,10)/t2*3-/m10/s1. The van der Waals surface area contributed by atoms with Crippen molar-refractivity contribution in [2.45, 2.75) is 37.8 Å². The van der Waals surface area contributed by atoms with Crippen LogP contribution in [0.3, 0.4) is 0 Å². The molecular weight excluding hydrogens is 274 g/mol. The van der Waals surface area contributed by atoms with E-state index in [1.807, 2.05) is 0 Å². The lowest BCUT2D eigenvalue weighted by atomic mass is 10.2. The molecule has 0 fully saturated rings. The minimum atomic E-state index is -1.17. The molecule has 1 amide bonds. The topological polar surface area (TPSA) is 207 Å². The van der Waals surface area contributed by atoms with Gasteiger partial charge in [-0.05, 0) is 12.8 Å². The Labute approximate surface area is 114 Å². The summed E-state index contributed by atoms with van der Waals surface area (Å²) >= 11 is 0. The van der Waals surface area contributed by atoms with Crippen LogP contribution < -0.4 is 17.2 Å². The summed E-state index contributed by atoms with van der Waals surface area (Å²) in [4.78, 5) is 40.0. The number of rotatable bonds is 8. The van der Waals surface area contributed by atoms with Crippen molar-refractivity contribution in [3.63, 3.8) is 0 Å². The maximum Gasteiger partial charge on any atom is 0.320 e. The smallest absolute Gasteiger partial charge is 0.320 e. The maximum absolute atomic E-state index is 10.1. The van der Waals surface area contributed by atoms with E-state index in [0.717, 1.165) is 0 Å². The van der Waals surface area contributed by atoms with Gasteiger partial charge in [-0.1, -0.05) is 0 Å². The summed E-state index contributed by atoms with van der Waals surface area (Å²) in [6.45, 7) is 0. The van der Waals surface area contributed by atoms with E-state index in [9.17, 15) is 19.2 Å². The first-order valence-corrected chi connectivity index (χ1v) is 5.54. The average molecular weight is 293 g/mol. The summed E-state index contributed by atoms with van der Waals surface area (Å²) in [5, 5.41) is 24.5. The molecule has 0 heterocycles. The van der Waals surface area contributed by atoms with Crippen LogP contribution in [0, 0.1) is 0 Å². The van der Waals surface area contributed by atoms with Gasteiger partial charge < -0.3 is 32.5 Å². The van der Waals surface area contributed by atoms with Crippen molar-refractivity contribution in [1.29, 1.82) is 0 Å². The number of carbonyl (C=O) groups is 4. The summed E-state index contributed by atoms with van der Waals surface area (Å²) in [6.07, 6.45) is -0.101. The van der Waals surface area contributed by atoms with Crippen LogP contribution in [-0.2, 0) is 19.2 Å².